The predicted molar refractivity (Wildman–Crippen MR) is 38.2 cm³/mol. The first-order chi connectivity index (χ1) is 5.20. The largest absolute Gasteiger partial charge is 0.481 e. The van der Waals surface area contributed by atoms with Crippen molar-refractivity contribution in [2.24, 2.45) is 11.8 Å². The number of carbonyl (C=O) groups is 1. The van der Waals surface area contributed by atoms with Crippen LogP contribution in [0.15, 0.2) is 0 Å². The van der Waals surface area contributed by atoms with Gasteiger partial charge in [0.25, 0.3) is 0 Å². The Morgan fingerprint density at radius 1 is 1.45 bits per heavy atom. The van der Waals surface area contributed by atoms with Gasteiger partial charge in [0.1, 0.15) is 0 Å². The molecule has 0 aromatic heterocycles. The van der Waals surface area contributed by atoms with Gasteiger partial charge in [0.2, 0.25) is 0 Å². The van der Waals surface area contributed by atoms with Gasteiger partial charge < -0.3 is 9.84 Å². The van der Waals surface area contributed by atoms with Gasteiger partial charge in [-0.05, 0) is 18.8 Å². The summed E-state index contributed by atoms with van der Waals surface area (Å²) in [5, 5.41) is 8.83. The molecule has 4 atom stereocenters. The lowest BCUT2D eigenvalue weighted by Gasteiger charge is -2.20. The van der Waals surface area contributed by atoms with Crippen molar-refractivity contribution in [1.82, 2.24) is 0 Å². The highest BCUT2D eigenvalue weighted by molar-refractivity contribution is 5.71. The Labute approximate surface area is 65.4 Å². The molecule has 11 heavy (non-hydrogen) atoms. The first kappa shape index (κ1) is 7.10. The van der Waals surface area contributed by atoms with Crippen LogP contribution >= 0.6 is 0 Å². The zero-order chi connectivity index (χ0) is 8.01. The highest BCUT2D eigenvalue weighted by Gasteiger charge is 2.50. The van der Waals surface area contributed by atoms with Crippen molar-refractivity contribution in [3.05, 3.63) is 0 Å². The van der Waals surface area contributed by atoms with E-state index in [1.54, 1.807) is 0 Å². The summed E-state index contributed by atoms with van der Waals surface area (Å²) in [5.41, 5.74) is 0. The van der Waals surface area contributed by atoms with Crippen molar-refractivity contribution in [1.29, 1.82) is 0 Å². The third-order valence-corrected chi connectivity index (χ3v) is 2.92. The number of carboxylic acid groups (broad SMARTS) is 1. The molecule has 0 amide bonds. The van der Waals surface area contributed by atoms with E-state index in [-0.39, 0.29) is 24.0 Å². The number of hydrogen-bond acceptors (Lipinski definition) is 2. The van der Waals surface area contributed by atoms with Crippen LogP contribution < -0.4 is 0 Å². The molecule has 2 bridgehead atoms. The van der Waals surface area contributed by atoms with Crippen LogP contribution in [0.2, 0.25) is 0 Å². The fourth-order valence-electron chi connectivity index (χ4n) is 2.29. The van der Waals surface area contributed by atoms with E-state index in [9.17, 15) is 4.79 Å². The molecule has 2 saturated heterocycles. The van der Waals surface area contributed by atoms with Crippen molar-refractivity contribution in [3.8, 4) is 0 Å². The highest BCUT2D eigenvalue weighted by atomic mass is 16.5. The van der Waals surface area contributed by atoms with Gasteiger partial charge in [0.15, 0.2) is 0 Å². The minimum atomic E-state index is -0.690. The van der Waals surface area contributed by atoms with Crippen LogP contribution in [0.5, 0.6) is 0 Å². The maximum Gasteiger partial charge on any atom is 0.309 e. The zero-order valence-corrected chi connectivity index (χ0v) is 6.49. The fraction of sp³-hybridized carbons (Fsp3) is 0.875. The molecule has 0 aromatic carbocycles. The minimum absolute atomic E-state index is 0.00694. The second-order valence-corrected chi connectivity index (χ2v) is 3.51. The van der Waals surface area contributed by atoms with Crippen LogP contribution in [0, 0.1) is 11.8 Å². The molecule has 62 valence electrons. The lowest BCUT2D eigenvalue weighted by atomic mass is 9.81. The van der Waals surface area contributed by atoms with Crippen LogP contribution in [-0.4, -0.2) is 23.3 Å². The maximum atomic E-state index is 10.7. The molecular weight excluding hydrogens is 144 g/mol. The van der Waals surface area contributed by atoms with Crippen LogP contribution in [0.1, 0.15) is 19.8 Å². The number of carboxylic acids is 1. The lowest BCUT2D eigenvalue weighted by Crippen LogP contribution is -2.31. The fourth-order valence-corrected chi connectivity index (χ4v) is 2.29. The molecule has 0 spiro atoms. The second kappa shape index (κ2) is 2.21. The molecule has 1 N–H and O–H groups in total. The average Bonchev–Trinajstić information content (AvgIpc) is 2.44. The average molecular weight is 156 g/mol. The normalized spacial score (nSPS) is 48.1. The Hall–Kier alpha value is -0.570. The van der Waals surface area contributed by atoms with Crippen molar-refractivity contribution < 1.29 is 14.6 Å². The van der Waals surface area contributed by atoms with E-state index in [1.165, 1.54) is 0 Å². The highest BCUT2D eigenvalue weighted by Crippen LogP contribution is 2.42. The van der Waals surface area contributed by atoms with Gasteiger partial charge in [-0.3, -0.25) is 4.79 Å². The molecule has 2 aliphatic heterocycles. The van der Waals surface area contributed by atoms with Crippen LogP contribution in [0.3, 0.4) is 0 Å². The van der Waals surface area contributed by atoms with E-state index in [4.69, 9.17) is 9.84 Å². The molecule has 3 heteroatoms. The number of hydrogen-bond donors (Lipinski definition) is 1. The summed E-state index contributed by atoms with van der Waals surface area (Å²) in [4.78, 5) is 10.7. The summed E-state index contributed by atoms with van der Waals surface area (Å²) in [5.74, 6) is -0.718. The quantitative estimate of drug-likeness (QED) is 0.613. The summed E-state index contributed by atoms with van der Waals surface area (Å²) >= 11 is 0. The minimum Gasteiger partial charge on any atom is -0.481 e. The predicted octanol–water partition coefficient (Wildman–Crippen LogP) is 0.885. The second-order valence-electron chi connectivity index (χ2n) is 3.51. The number of ether oxygens (including phenoxy) is 1. The first-order valence-corrected chi connectivity index (χ1v) is 4.08. The zero-order valence-electron chi connectivity index (χ0n) is 6.49. The molecule has 2 fully saturated rings. The van der Waals surface area contributed by atoms with E-state index in [0.717, 1.165) is 12.8 Å². The molecule has 0 aliphatic carbocycles. The number of fused-ring (bicyclic) bond motifs is 2. The Kier molecular flexibility index (Phi) is 1.42. The molecular formula is C8H12O3. The van der Waals surface area contributed by atoms with Gasteiger partial charge >= 0.3 is 5.97 Å². The van der Waals surface area contributed by atoms with Crippen molar-refractivity contribution in [2.45, 2.75) is 32.0 Å². The summed E-state index contributed by atoms with van der Waals surface area (Å²) in [6.45, 7) is 1.97. The molecule has 0 saturated carbocycles. The molecule has 0 radical (unpaired) electrons. The first-order valence-electron chi connectivity index (χ1n) is 4.08. The SMILES string of the molecule is CC1[C@@H]2CC[C@@H](O2)[C@H]1C(=O)O. The van der Waals surface area contributed by atoms with Gasteiger partial charge in [-0.1, -0.05) is 6.92 Å². The van der Waals surface area contributed by atoms with E-state index < -0.39 is 5.97 Å². The third-order valence-electron chi connectivity index (χ3n) is 2.92. The summed E-state index contributed by atoms with van der Waals surface area (Å²) in [6, 6.07) is 0. The van der Waals surface area contributed by atoms with Gasteiger partial charge in [-0.25, -0.2) is 0 Å². The Morgan fingerprint density at radius 3 is 2.45 bits per heavy atom. The number of aliphatic carboxylic acids is 1. The van der Waals surface area contributed by atoms with E-state index >= 15 is 0 Å². The summed E-state index contributed by atoms with van der Waals surface area (Å²) < 4.78 is 5.48. The van der Waals surface area contributed by atoms with Crippen molar-refractivity contribution in [2.75, 3.05) is 0 Å². The van der Waals surface area contributed by atoms with Gasteiger partial charge in [-0.2, -0.15) is 0 Å². The van der Waals surface area contributed by atoms with Gasteiger partial charge in [0, 0.05) is 0 Å². The molecule has 2 aliphatic rings. The molecule has 2 heterocycles. The van der Waals surface area contributed by atoms with Gasteiger partial charge in [-0.15, -0.1) is 0 Å². The van der Waals surface area contributed by atoms with Crippen LogP contribution in [0.25, 0.3) is 0 Å². The topological polar surface area (TPSA) is 46.5 Å². The lowest BCUT2D eigenvalue weighted by molar-refractivity contribution is -0.144. The molecule has 0 aromatic rings. The summed E-state index contributed by atoms with van der Waals surface area (Å²) in [6.07, 6.45) is 2.22. The van der Waals surface area contributed by atoms with Crippen LogP contribution in [-0.2, 0) is 9.53 Å². The third kappa shape index (κ3) is 0.872. The Balaban J connectivity index is 2.17. The van der Waals surface area contributed by atoms with E-state index in [2.05, 4.69) is 0 Å². The Bertz CT molecular complexity index is 188. The Morgan fingerprint density at radius 2 is 2.09 bits per heavy atom. The molecule has 3 nitrogen and oxygen atoms in total. The summed E-state index contributed by atoms with van der Waals surface area (Å²) in [7, 11) is 0. The van der Waals surface area contributed by atoms with Crippen molar-refractivity contribution in [3.63, 3.8) is 0 Å². The smallest absolute Gasteiger partial charge is 0.309 e. The van der Waals surface area contributed by atoms with E-state index in [0.29, 0.717) is 0 Å². The maximum absolute atomic E-state index is 10.7. The van der Waals surface area contributed by atoms with Gasteiger partial charge in [0.05, 0.1) is 18.1 Å². The van der Waals surface area contributed by atoms with Crippen molar-refractivity contribution >= 4 is 5.97 Å². The number of rotatable bonds is 1. The molecule has 2 rings (SSSR count). The van der Waals surface area contributed by atoms with E-state index in [1.807, 2.05) is 6.92 Å². The monoisotopic (exact) mass is 156 g/mol. The van der Waals surface area contributed by atoms with Crippen LogP contribution in [0.4, 0.5) is 0 Å². The molecule has 1 unspecified atom stereocenters. The standard InChI is InChI=1S/C8H12O3/c1-4-5-2-3-6(11-5)7(4)8(9)10/h4-7H,2-3H2,1H3,(H,9,10)/t4?,5-,6+,7-/m0/s1.